The van der Waals surface area contributed by atoms with Gasteiger partial charge in [0.05, 0.1) is 7.11 Å². The van der Waals surface area contributed by atoms with E-state index in [9.17, 15) is 18.0 Å². The van der Waals surface area contributed by atoms with Crippen LogP contribution in [0.3, 0.4) is 0 Å². The number of benzene rings is 2. The van der Waals surface area contributed by atoms with Crippen LogP contribution in [0.15, 0.2) is 54.6 Å². The van der Waals surface area contributed by atoms with Crippen LogP contribution >= 0.6 is 11.8 Å². The third kappa shape index (κ3) is 9.11. The Bertz CT molecular complexity index is 837. The van der Waals surface area contributed by atoms with E-state index < -0.39 is 21.8 Å². The molecule has 0 aliphatic heterocycles. The number of halogens is 3. The average Bonchev–Trinajstić information content (AvgIpc) is 2.63. The Morgan fingerprint density at radius 2 is 1.46 bits per heavy atom. The second kappa shape index (κ2) is 10.9. The molecule has 0 aliphatic carbocycles. The summed E-state index contributed by atoms with van der Waals surface area (Å²) in [6.07, 6.45) is -0.698. The molecule has 0 atom stereocenters. The quantitative estimate of drug-likeness (QED) is 0.314. The molecule has 28 heavy (non-hydrogen) atoms. The third-order valence-corrected chi connectivity index (χ3v) is 4.62. The molecule has 0 aliphatic rings. The Balaban J connectivity index is 0.000000416. The number of rotatable bonds is 5. The fraction of sp³-hybridized carbons (Fsp3) is 0.235. The Morgan fingerprint density at radius 3 is 1.89 bits per heavy atom. The number of methoxy groups -OCH3 is 1. The number of hydrogen-bond donors (Lipinski definition) is 1. The predicted octanol–water partition coefficient (Wildman–Crippen LogP) is 4.66. The first-order valence-corrected chi connectivity index (χ1v) is 10.1. The number of thioether (sulfide) groups is 1. The van der Waals surface area contributed by atoms with E-state index >= 15 is 0 Å². The first-order valence-electron chi connectivity index (χ1n) is 7.53. The van der Waals surface area contributed by atoms with Crippen molar-refractivity contribution in [2.75, 3.05) is 7.11 Å². The molecular formula is C17H17F3O6S2. The minimum Gasteiger partial charge on any atom is -0.437 e. The molecule has 0 unspecified atom stereocenters. The van der Waals surface area contributed by atoms with Gasteiger partial charge in [-0.3, -0.25) is 4.55 Å². The van der Waals surface area contributed by atoms with Crippen molar-refractivity contribution in [3.8, 4) is 5.75 Å². The highest BCUT2D eigenvalue weighted by molar-refractivity contribution is 7.97. The van der Waals surface area contributed by atoms with Crippen molar-refractivity contribution < 1.29 is 40.4 Å². The van der Waals surface area contributed by atoms with Gasteiger partial charge < -0.3 is 9.47 Å². The molecule has 2 rings (SSSR count). The standard InChI is InChI=1S/C16H16O3S.CHF3O3S/c1-18-16(17)19-15-9-7-14(8-10-15)12-20-11-13-5-3-2-4-6-13;2-1(3,4)8(5,6)7/h2-10H,11-12H2,1H3;(H,5,6,7). The molecule has 0 saturated heterocycles. The molecule has 1 N–H and O–H groups in total. The highest BCUT2D eigenvalue weighted by Crippen LogP contribution is 2.21. The molecule has 0 bridgehead atoms. The molecule has 0 radical (unpaired) electrons. The van der Waals surface area contributed by atoms with Crippen molar-refractivity contribution in [3.63, 3.8) is 0 Å². The SMILES string of the molecule is COC(=O)Oc1ccc(CSCc2ccccc2)cc1.O=S(=O)(O)C(F)(F)F. The summed E-state index contributed by atoms with van der Waals surface area (Å²) in [6.45, 7) is 0. The first kappa shape index (κ1) is 23.8. The number of alkyl halides is 3. The van der Waals surface area contributed by atoms with Crippen LogP contribution in [0.5, 0.6) is 5.75 Å². The average molecular weight is 438 g/mol. The molecule has 154 valence electrons. The Labute approximate surface area is 164 Å². The second-order valence-corrected chi connectivity index (χ2v) is 7.50. The Hall–Kier alpha value is -2.24. The summed E-state index contributed by atoms with van der Waals surface area (Å²) in [5.41, 5.74) is -3.02. The van der Waals surface area contributed by atoms with Crippen LogP contribution in [-0.2, 0) is 26.4 Å². The van der Waals surface area contributed by atoms with Gasteiger partial charge in [0, 0.05) is 11.5 Å². The minimum absolute atomic E-state index is 0.494. The lowest BCUT2D eigenvalue weighted by Gasteiger charge is -2.05. The summed E-state index contributed by atoms with van der Waals surface area (Å²) in [4.78, 5) is 10.9. The van der Waals surface area contributed by atoms with E-state index in [-0.39, 0.29) is 0 Å². The topological polar surface area (TPSA) is 89.9 Å². The van der Waals surface area contributed by atoms with Crippen LogP contribution in [0.25, 0.3) is 0 Å². The number of carbonyl (C=O) groups excluding carboxylic acids is 1. The van der Waals surface area contributed by atoms with Crippen molar-refractivity contribution >= 4 is 28.0 Å². The number of ether oxygens (including phenoxy) is 2. The molecule has 0 saturated carbocycles. The van der Waals surface area contributed by atoms with Gasteiger partial charge in [-0.05, 0) is 23.3 Å². The summed E-state index contributed by atoms with van der Waals surface area (Å²) in [5.74, 6) is 2.41. The van der Waals surface area contributed by atoms with Gasteiger partial charge in [0.1, 0.15) is 5.75 Å². The van der Waals surface area contributed by atoms with Gasteiger partial charge in [0.2, 0.25) is 0 Å². The fourth-order valence-corrected chi connectivity index (χ4v) is 2.61. The van der Waals surface area contributed by atoms with E-state index in [1.807, 2.05) is 30.0 Å². The highest BCUT2D eigenvalue weighted by Gasteiger charge is 2.44. The van der Waals surface area contributed by atoms with Crippen LogP contribution in [-0.4, -0.2) is 31.7 Å². The van der Waals surface area contributed by atoms with Gasteiger partial charge in [-0.1, -0.05) is 42.5 Å². The molecule has 0 spiro atoms. The number of carbonyl (C=O) groups is 1. The minimum atomic E-state index is -5.84. The molecule has 0 aromatic heterocycles. The molecule has 0 heterocycles. The molecule has 0 fully saturated rings. The second-order valence-electron chi connectivity index (χ2n) is 5.10. The zero-order chi connectivity index (χ0) is 21.2. The lowest BCUT2D eigenvalue weighted by Crippen LogP contribution is -2.21. The van der Waals surface area contributed by atoms with E-state index in [2.05, 4.69) is 29.0 Å². The number of hydrogen-bond acceptors (Lipinski definition) is 6. The van der Waals surface area contributed by atoms with Crippen LogP contribution in [0.1, 0.15) is 11.1 Å². The van der Waals surface area contributed by atoms with E-state index in [1.165, 1.54) is 18.2 Å². The van der Waals surface area contributed by atoms with Crippen molar-refractivity contribution in [2.24, 2.45) is 0 Å². The van der Waals surface area contributed by atoms with Gasteiger partial charge in [0.15, 0.2) is 0 Å². The van der Waals surface area contributed by atoms with E-state index in [4.69, 9.17) is 17.7 Å². The molecule has 6 nitrogen and oxygen atoms in total. The zero-order valence-corrected chi connectivity index (χ0v) is 16.2. The highest BCUT2D eigenvalue weighted by atomic mass is 32.2. The summed E-state index contributed by atoms with van der Waals surface area (Å²) in [7, 11) is -4.55. The molecule has 2 aromatic carbocycles. The summed E-state index contributed by atoms with van der Waals surface area (Å²) >= 11 is 1.85. The van der Waals surface area contributed by atoms with E-state index in [0.29, 0.717) is 5.75 Å². The Morgan fingerprint density at radius 1 is 1.00 bits per heavy atom. The lowest BCUT2D eigenvalue weighted by molar-refractivity contribution is -0.0510. The van der Waals surface area contributed by atoms with Crippen molar-refractivity contribution in [3.05, 3.63) is 65.7 Å². The van der Waals surface area contributed by atoms with Gasteiger partial charge in [-0.25, -0.2) is 4.79 Å². The predicted molar refractivity (Wildman–Crippen MR) is 98.5 cm³/mol. The molecular weight excluding hydrogens is 421 g/mol. The smallest absolute Gasteiger partial charge is 0.437 e. The molecule has 11 heteroatoms. The largest absolute Gasteiger partial charge is 0.522 e. The molecule has 0 amide bonds. The van der Waals surface area contributed by atoms with Crippen LogP contribution in [0.4, 0.5) is 18.0 Å². The first-order chi connectivity index (χ1) is 13.0. The molecule has 2 aromatic rings. The summed E-state index contributed by atoms with van der Waals surface area (Å²) < 4.78 is 66.9. The van der Waals surface area contributed by atoms with Crippen molar-refractivity contribution in [1.82, 2.24) is 0 Å². The maximum Gasteiger partial charge on any atom is 0.522 e. The normalized spacial score (nSPS) is 11.2. The van der Waals surface area contributed by atoms with Gasteiger partial charge in [-0.15, -0.1) is 0 Å². The zero-order valence-electron chi connectivity index (χ0n) is 14.5. The maximum absolute atomic E-state index is 10.9. The summed E-state index contributed by atoms with van der Waals surface area (Å²) in [6, 6.07) is 17.8. The monoisotopic (exact) mass is 438 g/mol. The van der Waals surface area contributed by atoms with Crippen molar-refractivity contribution in [2.45, 2.75) is 17.0 Å². The van der Waals surface area contributed by atoms with Gasteiger partial charge in [0.25, 0.3) is 0 Å². The van der Waals surface area contributed by atoms with Crippen molar-refractivity contribution in [1.29, 1.82) is 0 Å². The van der Waals surface area contributed by atoms with E-state index in [1.54, 1.807) is 12.1 Å². The van der Waals surface area contributed by atoms with Gasteiger partial charge >= 0.3 is 21.8 Å². The third-order valence-electron chi connectivity index (χ3n) is 2.96. The maximum atomic E-state index is 10.9. The summed E-state index contributed by atoms with van der Waals surface area (Å²) in [5, 5.41) is 0. The lowest BCUT2D eigenvalue weighted by atomic mass is 10.2. The van der Waals surface area contributed by atoms with Crippen LogP contribution in [0, 0.1) is 0 Å². The Kier molecular flexibility index (Phi) is 9.29. The fourth-order valence-electron chi connectivity index (χ4n) is 1.65. The van der Waals surface area contributed by atoms with Crippen LogP contribution in [0.2, 0.25) is 0 Å². The van der Waals surface area contributed by atoms with Gasteiger partial charge in [-0.2, -0.15) is 33.4 Å². The van der Waals surface area contributed by atoms with E-state index in [0.717, 1.165) is 11.5 Å². The van der Waals surface area contributed by atoms with Crippen LogP contribution < -0.4 is 4.74 Å².